The topological polar surface area (TPSA) is 15.3 Å². The zero-order valence-corrected chi connectivity index (χ0v) is 11.0. The van der Waals surface area contributed by atoms with E-state index in [-0.39, 0.29) is 0 Å². The van der Waals surface area contributed by atoms with Crippen molar-refractivity contribution in [2.45, 2.75) is 37.9 Å². The van der Waals surface area contributed by atoms with Crippen LogP contribution in [0.4, 0.5) is 0 Å². The first kappa shape index (κ1) is 11.5. The molecule has 0 amide bonds. The molecule has 1 aromatic carbocycles. The summed E-state index contributed by atoms with van der Waals surface area (Å²) in [6.07, 6.45) is 3.85. The average Bonchev–Trinajstić information content (AvgIpc) is 3.10. The highest BCUT2D eigenvalue weighted by atomic mass is 35.5. The van der Waals surface area contributed by atoms with Crippen molar-refractivity contribution in [2.24, 2.45) is 0 Å². The Labute approximate surface area is 108 Å². The zero-order valence-electron chi connectivity index (χ0n) is 10.2. The Morgan fingerprint density at radius 3 is 2.88 bits per heavy atom. The molecule has 1 aromatic rings. The van der Waals surface area contributed by atoms with Gasteiger partial charge < -0.3 is 10.2 Å². The maximum atomic E-state index is 6.14. The molecule has 0 aromatic heterocycles. The molecule has 17 heavy (non-hydrogen) atoms. The SMILES string of the molecule is CN1CC[C@@H](NC2CC2)c2cc(Cl)ccc2C1. The van der Waals surface area contributed by atoms with Crippen LogP contribution in [0, 0.1) is 0 Å². The minimum atomic E-state index is 0.487. The quantitative estimate of drug-likeness (QED) is 0.868. The summed E-state index contributed by atoms with van der Waals surface area (Å²) in [4.78, 5) is 2.39. The number of hydrogen-bond donors (Lipinski definition) is 1. The zero-order chi connectivity index (χ0) is 11.8. The Morgan fingerprint density at radius 1 is 1.29 bits per heavy atom. The molecule has 92 valence electrons. The van der Waals surface area contributed by atoms with Crippen molar-refractivity contribution < 1.29 is 0 Å². The van der Waals surface area contributed by atoms with Crippen LogP contribution in [0.3, 0.4) is 0 Å². The fourth-order valence-electron chi connectivity index (χ4n) is 2.62. The van der Waals surface area contributed by atoms with Gasteiger partial charge in [-0.05, 0) is 56.1 Å². The van der Waals surface area contributed by atoms with Crippen molar-refractivity contribution in [1.29, 1.82) is 0 Å². The van der Waals surface area contributed by atoms with Crippen LogP contribution in [0.15, 0.2) is 18.2 Å². The maximum absolute atomic E-state index is 6.14. The molecule has 1 aliphatic carbocycles. The number of nitrogens with one attached hydrogen (secondary N) is 1. The number of benzene rings is 1. The summed E-state index contributed by atoms with van der Waals surface area (Å²) in [5.74, 6) is 0. The first-order valence-electron chi connectivity index (χ1n) is 6.45. The summed E-state index contributed by atoms with van der Waals surface area (Å²) in [7, 11) is 2.19. The molecule has 2 aliphatic rings. The Bertz CT molecular complexity index is 415. The Hall–Kier alpha value is -0.570. The van der Waals surface area contributed by atoms with E-state index in [0.717, 1.165) is 24.2 Å². The molecule has 0 radical (unpaired) electrons. The Balaban J connectivity index is 1.91. The maximum Gasteiger partial charge on any atom is 0.0409 e. The minimum Gasteiger partial charge on any atom is -0.307 e. The molecule has 3 heteroatoms. The van der Waals surface area contributed by atoms with Gasteiger partial charge in [-0.1, -0.05) is 17.7 Å². The summed E-state index contributed by atoms with van der Waals surface area (Å²) in [6.45, 7) is 2.19. The van der Waals surface area contributed by atoms with Crippen molar-refractivity contribution in [3.05, 3.63) is 34.3 Å². The molecule has 1 aliphatic heterocycles. The van der Waals surface area contributed by atoms with Gasteiger partial charge in [-0.15, -0.1) is 0 Å². The summed E-state index contributed by atoms with van der Waals surface area (Å²) in [5, 5.41) is 4.61. The van der Waals surface area contributed by atoms with Crippen molar-refractivity contribution in [3.63, 3.8) is 0 Å². The molecular formula is C14H19ClN2. The second-order valence-corrected chi connectivity index (χ2v) is 5.80. The average molecular weight is 251 g/mol. The van der Waals surface area contributed by atoms with Gasteiger partial charge in [0, 0.05) is 23.7 Å². The fraction of sp³-hybridized carbons (Fsp3) is 0.571. The van der Waals surface area contributed by atoms with E-state index in [4.69, 9.17) is 11.6 Å². The van der Waals surface area contributed by atoms with Gasteiger partial charge in [0.05, 0.1) is 0 Å². The van der Waals surface area contributed by atoms with Crippen molar-refractivity contribution >= 4 is 11.6 Å². The number of rotatable bonds is 2. The van der Waals surface area contributed by atoms with Crippen LogP contribution in [0.2, 0.25) is 5.02 Å². The van der Waals surface area contributed by atoms with Gasteiger partial charge in [-0.2, -0.15) is 0 Å². The molecule has 0 unspecified atom stereocenters. The first-order valence-corrected chi connectivity index (χ1v) is 6.83. The first-order chi connectivity index (χ1) is 8.22. The lowest BCUT2D eigenvalue weighted by Crippen LogP contribution is -2.25. The predicted molar refractivity (Wildman–Crippen MR) is 71.3 cm³/mol. The van der Waals surface area contributed by atoms with Crippen LogP contribution in [0.25, 0.3) is 0 Å². The lowest BCUT2D eigenvalue weighted by atomic mass is 9.99. The van der Waals surface area contributed by atoms with E-state index < -0.39 is 0 Å². The van der Waals surface area contributed by atoms with E-state index in [1.807, 2.05) is 6.07 Å². The van der Waals surface area contributed by atoms with Crippen molar-refractivity contribution in [1.82, 2.24) is 10.2 Å². The Morgan fingerprint density at radius 2 is 2.12 bits per heavy atom. The summed E-state index contributed by atoms with van der Waals surface area (Å²) in [6, 6.07) is 7.57. The van der Waals surface area contributed by atoms with Gasteiger partial charge in [0.25, 0.3) is 0 Å². The van der Waals surface area contributed by atoms with Crippen molar-refractivity contribution in [3.8, 4) is 0 Å². The third-order valence-electron chi connectivity index (χ3n) is 3.74. The van der Waals surface area contributed by atoms with Gasteiger partial charge >= 0.3 is 0 Å². The van der Waals surface area contributed by atoms with Crippen LogP contribution in [0.1, 0.15) is 36.4 Å². The molecule has 1 N–H and O–H groups in total. The highest BCUT2D eigenvalue weighted by Gasteiger charge is 2.28. The Kier molecular flexibility index (Phi) is 3.12. The third-order valence-corrected chi connectivity index (χ3v) is 3.97. The van der Waals surface area contributed by atoms with Gasteiger partial charge in [-0.3, -0.25) is 0 Å². The standard InChI is InChI=1S/C14H19ClN2/c1-17-7-6-14(16-12-4-5-12)13-8-11(15)3-2-10(13)9-17/h2-3,8,12,14,16H,4-7,9H2,1H3/t14-/m1/s1. The third kappa shape index (κ3) is 2.65. The molecule has 0 saturated heterocycles. The van der Waals surface area contributed by atoms with E-state index in [0.29, 0.717) is 6.04 Å². The second-order valence-electron chi connectivity index (χ2n) is 5.36. The van der Waals surface area contributed by atoms with Crippen LogP contribution in [0.5, 0.6) is 0 Å². The van der Waals surface area contributed by atoms with E-state index in [1.165, 1.54) is 30.4 Å². The van der Waals surface area contributed by atoms with Gasteiger partial charge in [0.1, 0.15) is 0 Å². The monoisotopic (exact) mass is 250 g/mol. The molecule has 1 saturated carbocycles. The summed E-state index contributed by atoms with van der Waals surface area (Å²) in [5.41, 5.74) is 2.83. The van der Waals surface area contributed by atoms with Crippen LogP contribution in [-0.2, 0) is 6.54 Å². The van der Waals surface area contributed by atoms with E-state index in [2.05, 4.69) is 29.4 Å². The fourth-order valence-corrected chi connectivity index (χ4v) is 2.80. The molecular weight excluding hydrogens is 232 g/mol. The second kappa shape index (κ2) is 4.60. The molecule has 1 heterocycles. The predicted octanol–water partition coefficient (Wildman–Crippen LogP) is 2.97. The lowest BCUT2D eigenvalue weighted by molar-refractivity contribution is 0.317. The van der Waals surface area contributed by atoms with E-state index in [9.17, 15) is 0 Å². The number of halogens is 1. The smallest absolute Gasteiger partial charge is 0.0409 e. The summed E-state index contributed by atoms with van der Waals surface area (Å²) < 4.78 is 0. The molecule has 2 nitrogen and oxygen atoms in total. The lowest BCUT2D eigenvalue weighted by Gasteiger charge is -2.19. The molecule has 3 rings (SSSR count). The minimum absolute atomic E-state index is 0.487. The highest BCUT2D eigenvalue weighted by Crippen LogP contribution is 2.32. The molecule has 1 fully saturated rings. The number of nitrogens with zero attached hydrogens (tertiary/aromatic N) is 1. The highest BCUT2D eigenvalue weighted by molar-refractivity contribution is 6.30. The largest absolute Gasteiger partial charge is 0.307 e. The molecule has 0 spiro atoms. The molecule has 0 bridgehead atoms. The van der Waals surface area contributed by atoms with Gasteiger partial charge in [-0.25, -0.2) is 0 Å². The van der Waals surface area contributed by atoms with Crippen LogP contribution < -0.4 is 5.32 Å². The van der Waals surface area contributed by atoms with Crippen LogP contribution >= 0.6 is 11.6 Å². The molecule has 1 atom stereocenters. The van der Waals surface area contributed by atoms with E-state index >= 15 is 0 Å². The van der Waals surface area contributed by atoms with Crippen molar-refractivity contribution in [2.75, 3.05) is 13.6 Å². The van der Waals surface area contributed by atoms with Gasteiger partial charge in [0.15, 0.2) is 0 Å². The normalized spacial score (nSPS) is 25.4. The number of fused-ring (bicyclic) bond motifs is 1. The van der Waals surface area contributed by atoms with Gasteiger partial charge in [0.2, 0.25) is 0 Å². The number of hydrogen-bond acceptors (Lipinski definition) is 2. The van der Waals surface area contributed by atoms with Crippen LogP contribution in [-0.4, -0.2) is 24.5 Å². The summed E-state index contributed by atoms with van der Waals surface area (Å²) >= 11 is 6.14. The van der Waals surface area contributed by atoms with E-state index in [1.54, 1.807) is 0 Å².